The number of carbonyl (C=O) groups excluding carboxylic acids is 1. The van der Waals surface area contributed by atoms with E-state index in [1.807, 2.05) is 24.3 Å². The van der Waals surface area contributed by atoms with Gasteiger partial charge in [0.1, 0.15) is 12.7 Å². The Balaban J connectivity index is 1.16. The lowest BCUT2D eigenvalue weighted by atomic mass is 9.96. The molecule has 1 N–H and O–H groups in total. The van der Waals surface area contributed by atoms with Crippen LogP contribution in [0.5, 0.6) is 11.5 Å². The summed E-state index contributed by atoms with van der Waals surface area (Å²) >= 11 is 0. The van der Waals surface area contributed by atoms with Gasteiger partial charge in [-0.25, -0.2) is 0 Å². The SMILES string of the molecule is O=C(C1CC1)N1CCC(CNCC2COc3ccccc3O2)CC1. The van der Waals surface area contributed by atoms with Gasteiger partial charge in [-0.3, -0.25) is 4.79 Å². The molecule has 1 amide bonds. The number of nitrogens with one attached hydrogen (secondary N) is 1. The quantitative estimate of drug-likeness (QED) is 0.898. The minimum absolute atomic E-state index is 0.0661. The Morgan fingerprint density at radius 3 is 2.58 bits per heavy atom. The van der Waals surface area contributed by atoms with Crippen molar-refractivity contribution in [1.82, 2.24) is 10.2 Å². The van der Waals surface area contributed by atoms with Crippen molar-refractivity contribution in [2.24, 2.45) is 11.8 Å². The molecule has 130 valence electrons. The molecule has 0 aromatic heterocycles. The smallest absolute Gasteiger partial charge is 0.225 e. The number of hydrogen-bond donors (Lipinski definition) is 1. The molecular weight excluding hydrogens is 304 g/mol. The zero-order valence-corrected chi connectivity index (χ0v) is 14.1. The van der Waals surface area contributed by atoms with Crippen molar-refractivity contribution in [1.29, 1.82) is 0 Å². The average Bonchev–Trinajstić information content (AvgIpc) is 3.47. The van der Waals surface area contributed by atoms with E-state index in [-0.39, 0.29) is 6.10 Å². The van der Waals surface area contributed by atoms with Gasteiger partial charge in [0, 0.05) is 25.6 Å². The Kier molecular flexibility index (Phi) is 4.60. The molecular formula is C19H26N2O3. The van der Waals surface area contributed by atoms with Crippen molar-refractivity contribution < 1.29 is 14.3 Å². The molecule has 3 aliphatic rings. The molecule has 1 saturated carbocycles. The highest BCUT2D eigenvalue weighted by Crippen LogP contribution is 2.32. The van der Waals surface area contributed by atoms with E-state index >= 15 is 0 Å². The zero-order valence-electron chi connectivity index (χ0n) is 14.1. The van der Waals surface area contributed by atoms with E-state index in [0.29, 0.717) is 24.3 Å². The Morgan fingerprint density at radius 2 is 1.83 bits per heavy atom. The Bertz CT molecular complexity index is 580. The van der Waals surface area contributed by atoms with Gasteiger partial charge in [0.25, 0.3) is 0 Å². The number of likely N-dealkylation sites (tertiary alicyclic amines) is 1. The summed E-state index contributed by atoms with van der Waals surface area (Å²) in [5.41, 5.74) is 0. The van der Waals surface area contributed by atoms with Gasteiger partial charge in [0.15, 0.2) is 11.5 Å². The number of amides is 1. The topological polar surface area (TPSA) is 50.8 Å². The first-order chi connectivity index (χ1) is 11.8. The second kappa shape index (κ2) is 7.01. The number of rotatable bonds is 5. The van der Waals surface area contributed by atoms with Crippen LogP contribution in [0.2, 0.25) is 0 Å². The van der Waals surface area contributed by atoms with Crippen LogP contribution >= 0.6 is 0 Å². The number of ether oxygens (including phenoxy) is 2. The first kappa shape index (κ1) is 15.8. The molecule has 4 rings (SSSR count). The van der Waals surface area contributed by atoms with Gasteiger partial charge in [-0.2, -0.15) is 0 Å². The number of para-hydroxylation sites is 2. The molecule has 2 aliphatic heterocycles. The summed E-state index contributed by atoms with van der Waals surface area (Å²) < 4.78 is 11.7. The van der Waals surface area contributed by atoms with Crippen molar-refractivity contribution in [3.05, 3.63) is 24.3 Å². The summed E-state index contributed by atoms with van der Waals surface area (Å²) in [6, 6.07) is 7.82. The van der Waals surface area contributed by atoms with Gasteiger partial charge < -0.3 is 19.7 Å². The van der Waals surface area contributed by atoms with E-state index in [2.05, 4.69) is 10.2 Å². The number of piperidine rings is 1. The van der Waals surface area contributed by atoms with E-state index in [4.69, 9.17) is 9.47 Å². The van der Waals surface area contributed by atoms with Gasteiger partial charge in [-0.05, 0) is 50.3 Å². The van der Waals surface area contributed by atoms with Crippen LogP contribution in [0.4, 0.5) is 0 Å². The second-order valence-electron chi connectivity index (χ2n) is 7.20. The van der Waals surface area contributed by atoms with Crippen molar-refractivity contribution >= 4 is 5.91 Å². The molecule has 1 atom stereocenters. The molecule has 0 spiro atoms. The minimum Gasteiger partial charge on any atom is -0.486 e. The van der Waals surface area contributed by atoms with Gasteiger partial charge in [-0.1, -0.05) is 12.1 Å². The molecule has 0 bridgehead atoms. The van der Waals surface area contributed by atoms with Gasteiger partial charge >= 0.3 is 0 Å². The van der Waals surface area contributed by atoms with Crippen LogP contribution in [0.3, 0.4) is 0 Å². The molecule has 5 nitrogen and oxygen atoms in total. The summed E-state index contributed by atoms with van der Waals surface area (Å²) in [6.07, 6.45) is 4.49. The third-order valence-corrected chi connectivity index (χ3v) is 5.23. The van der Waals surface area contributed by atoms with Crippen LogP contribution in [0.25, 0.3) is 0 Å². The molecule has 2 fully saturated rings. The van der Waals surface area contributed by atoms with Crippen LogP contribution in [0.15, 0.2) is 24.3 Å². The summed E-state index contributed by atoms with van der Waals surface area (Å²) in [7, 11) is 0. The zero-order chi connectivity index (χ0) is 16.4. The molecule has 1 aromatic carbocycles. The Labute approximate surface area is 143 Å². The molecule has 0 radical (unpaired) electrons. The van der Waals surface area contributed by atoms with Crippen LogP contribution < -0.4 is 14.8 Å². The van der Waals surface area contributed by atoms with Crippen LogP contribution in [-0.2, 0) is 4.79 Å². The molecule has 1 saturated heterocycles. The number of hydrogen-bond acceptors (Lipinski definition) is 4. The highest BCUT2D eigenvalue weighted by molar-refractivity contribution is 5.81. The lowest BCUT2D eigenvalue weighted by molar-refractivity contribution is -0.133. The van der Waals surface area contributed by atoms with E-state index in [1.54, 1.807) is 0 Å². The largest absolute Gasteiger partial charge is 0.486 e. The highest BCUT2D eigenvalue weighted by Gasteiger charge is 2.34. The number of nitrogens with zero attached hydrogens (tertiary/aromatic N) is 1. The predicted molar refractivity (Wildman–Crippen MR) is 91.3 cm³/mol. The lowest BCUT2D eigenvalue weighted by Crippen LogP contribution is -2.43. The number of carbonyl (C=O) groups is 1. The van der Waals surface area contributed by atoms with Crippen LogP contribution in [0.1, 0.15) is 25.7 Å². The fourth-order valence-electron chi connectivity index (χ4n) is 3.56. The summed E-state index contributed by atoms with van der Waals surface area (Å²) in [5, 5.41) is 3.53. The second-order valence-corrected chi connectivity index (χ2v) is 7.20. The average molecular weight is 330 g/mol. The van der Waals surface area contributed by atoms with Crippen LogP contribution in [-0.4, -0.2) is 49.7 Å². The maximum atomic E-state index is 12.1. The van der Waals surface area contributed by atoms with Crippen molar-refractivity contribution in [3.63, 3.8) is 0 Å². The van der Waals surface area contributed by atoms with Gasteiger partial charge in [0.2, 0.25) is 5.91 Å². The third kappa shape index (κ3) is 3.66. The monoisotopic (exact) mass is 330 g/mol. The predicted octanol–water partition coefficient (Wildman–Crippen LogP) is 2.06. The van der Waals surface area contributed by atoms with Crippen molar-refractivity contribution in [2.45, 2.75) is 31.8 Å². The van der Waals surface area contributed by atoms with Crippen molar-refractivity contribution in [3.8, 4) is 11.5 Å². The molecule has 24 heavy (non-hydrogen) atoms. The molecule has 2 heterocycles. The lowest BCUT2D eigenvalue weighted by Gasteiger charge is -2.33. The Hall–Kier alpha value is -1.75. The van der Waals surface area contributed by atoms with Crippen molar-refractivity contribution in [2.75, 3.05) is 32.8 Å². The number of benzene rings is 1. The third-order valence-electron chi connectivity index (χ3n) is 5.23. The molecule has 1 aromatic rings. The summed E-state index contributed by atoms with van der Waals surface area (Å²) in [5.74, 6) is 3.08. The van der Waals surface area contributed by atoms with E-state index in [1.165, 1.54) is 0 Å². The summed E-state index contributed by atoms with van der Waals surface area (Å²) in [6.45, 7) is 4.25. The van der Waals surface area contributed by atoms with Crippen LogP contribution in [0, 0.1) is 11.8 Å². The maximum absolute atomic E-state index is 12.1. The van der Waals surface area contributed by atoms with E-state index in [9.17, 15) is 4.79 Å². The normalized spacial score (nSPS) is 24.0. The number of fused-ring (bicyclic) bond motifs is 1. The van der Waals surface area contributed by atoms with Gasteiger partial charge in [0.05, 0.1) is 0 Å². The fourth-order valence-corrected chi connectivity index (χ4v) is 3.56. The molecule has 1 aliphatic carbocycles. The Morgan fingerprint density at radius 1 is 1.08 bits per heavy atom. The van der Waals surface area contributed by atoms with Gasteiger partial charge in [-0.15, -0.1) is 0 Å². The maximum Gasteiger partial charge on any atom is 0.225 e. The first-order valence-electron chi connectivity index (χ1n) is 9.17. The molecule has 1 unspecified atom stereocenters. The minimum atomic E-state index is 0.0661. The standard InChI is InChI=1S/C19H26N2O3/c22-19(15-5-6-15)21-9-7-14(8-10-21)11-20-12-16-13-23-17-3-1-2-4-18(17)24-16/h1-4,14-16,20H,5-13H2. The molecule has 5 heteroatoms. The van der Waals surface area contributed by atoms with E-state index in [0.717, 1.165) is 63.4 Å². The fraction of sp³-hybridized carbons (Fsp3) is 0.632. The first-order valence-corrected chi connectivity index (χ1v) is 9.17. The summed E-state index contributed by atoms with van der Waals surface area (Å²) in [4.78, 5) is 14.1. The van der Waals surface area contributed by atoms with E-state index < -0.39 is 0 Å². The highest BCUT2D eigenvalue weighted by atomic mass is 16.6.